The van der Waals surface area contributed by atoms with Gasteiger partial charge in [0.25, 0.3) is 5.91 Å². The Morgan fingerprint density at radius 2 is 1.73 bits per heavy atom. The molecule has 1 amide bonds. The number of hydrogen-bond acceptors (Lipinski definition) is 4. The van der Waals surface area contributed by atoms with Crippen LogP contribution in [0.15, 0.2) is 54.9 Å². The predicted molar refractivity (Wildman–Crippen MR) is 105 cm³/mol. The van der Waals surface area contributed by atoms with Gasteiger partial charge in [0, 0.05) is 25.1 Å². The summed E-state index contributed by atoms with van der Waals surface area (Å²) in [6.07, 6.45) is 3.02. The molecule has 1 N–H and O–H groups in total. The van der Waals surface area contributed by atoms with E-state index in [-0.39, 0.29) is 5.91 Å². The third-order valence-corrected chi connectivity index (χ3v) is 4.31. The van der Waals surface area contributed by atoms with Crippen LogP contribution in [0.25, 0.3) is 0 Å². The molecule has 0 fully saturated rings. The summed E-state index contributed by atoms with van der Waals surface area (Å²) < 4.78 is 0. The molecule has 0 aliphatic heterocycles. The zero-order valence-electron chi connectivity index (χ0n) is 14.8. The average molecular weight is 367 g/mol. The lowest BCUT2D eigenvalue weighted by Gasteiger charge is -2.17. The fourth-order valence-electron chi connectivity index (χ4n) is 2.64. The number of amides is 1. The molecule has 5 nitrogen and oxygen atoms in total. The Labute approximate surface area is 157 Å². The summed E-state index contributed by atoms with van der Waals surface area (Å²) in [7, 11) is 1.87. The summed E-state index contributed by atoms with van der Waals surface area (Å²) >= 11 is 6.25. The van der Waals surface area contributed by atoms with Crippen LogP contribution in [0.4, 0.5) is 17.3 Å². The van der Waals surface area contributed by atoms with Gasteiger partial charge in [0.05, 0.1) is 16.3 Å². The number of hydrogen-bond donors (Lipinski definition) is 1. The molecule has 26 heavy (non-hydrogen) atoms. The maximum atomic E-state index is 12.5. The molecule has 0 saturated heterocycles. The molecule has 1 heterocycles. The van der Waals surface area contributed by atoms with Crippen molar-refractivity contribution < 1.29 is 4.79 Å². The van der Waals surface area contributed by atoms with E-state index in [0.29, 0.717) is 22.2 Å². The zero-order valence-corrected chi connectivity index (χ0v) is 15.6. The summed E-state index contributed by atoms with van der Waals surface area (Å²) in [5, 5.41) is 3.35. The molecule has 2 aromatic carbocycles. The van der Waals surface area contributed by atoms with Gasteiger partial charge in [-0.2, -0.15) is 0 Å². The first-order chi connectivity index (χ1) is 12.5. The quantitative estimate of drug-likeness (QED) is 0.722. The Kier molecular flexibility index (Phi) is 5.19. The van der Waals surface area contributed by atoms with E-state index in [1.807, 2.05) is 68.3 Å². The number of anilines is 3. The van der Waals surface area contributed by atoms with Crippen LogP contribution in [-0.4, -0.2) is 22.9 Å². The van der Waals surface area contributed by atoms with E-state index in [0.717, 1.165) is 16.8 Å². The highest BCUT2D eigenvalue weighted by molar-refractivity contribution is 6.34. The minimum Gasteiger partial charge on any atom is -0.320 e. The van der Waals surface area contributed by atoms with Crippen LogP contribution in [0.1, 0.15) is 21.5 Å². The first-order valence-electron chi connectivity index (χ1n) is 8.14. The van der Waals surface area contributed by atoms with Crippen molar-refractivity contribution in [2.75, 3.05) is 17.3 Å². The van der Waals surface area contributed by atoms with Gasteiger partial charge in [-0.15, -0.1) is 0 Å². The topological polar surface area (TPSA) is 58.1 Å². The van der Waals surface area contributed by atoms with Crippen LogP contribution >= 0.6 is 11.6 Å². The molecule has 0 unspecified atom stereocenters. The fourth-order valence-corrected chi connectivity index (χ4v) is 3.01. The Morgan fingerprint density at radius 1 is 1.08 bits per heavy atom. The summed E-state index contributed by atoms with van der Waals surface area (Å²) in [4.78, 5) is 22.9. The molecule has 3 aromatic rings. The van der Waals surface area contributed by atoms with Crippen LogP contribution in [-0.2, 0) is 0 Å². The van der Waals surface area contributed by atoms with Gasteiger partial charge in [0.15, 0.2) is 0 Å². The van der Waals surface area contributed by atoms with E-state index in [1.54, 1.807) is 0 Å². The number of nitrogens with zero attached hydrogens (tertiary/aromatic N) is 3. The number of rotatable bonds is 4. The summed E-state index contributed by atoms with van der Waals surface area (Å²) in [6, 6.07) is 13.6. The summed E-state index contributed by atoms with van der Waals surface area (Å²) in [6.45, 7) is 3.86. The maximum absolute atomic E-state index is 12.5. The summed E-state index contributed by atoms with van der Waals surface area (Å²) in [5.41, 5.74) is 3.89. The molecule has 0 bridgehead atoms. The largest absolute Gasteiger partial charge is 0.320 e. The molecular formula is C20H19ClN4O. The lowest BCUT2D eigenvalue weighted by atomic mass is 10.1. The van der Waals surface area contributed by atoms with Gasteiger partial charge in [-0.1, -0.05) is 35.9 Å². The number of carbonyl (C=O) groups is 1. The summed E-state index contributed by atoms with van der Waals surface area (Å²) in [5.74, 6) is 0.213. The smallest absolute Gasteiger partial charge is 0.258 e. The predicted octanol–water partition coefficient (Wildman–Crippen LogP) is 4.77. The molecule has 0 aliphatic carbocycles. The number of nitrogens with one attached hydrogen (secondary N) is 1. The van der Waals surface area contributed by atoms with Crippen molar-refractivity contribution in [3.8, 4) is 0 Å². The van der Waals surface area contributed by atoms with Crippen molar-refractivity contribution in [3.05, 3.63) is 76.6 Å². The van der Waals surface area contributed by atoms with Gasteiger partial charge in [-0.25, -0.2) is 9.97 Å². The highest BCUT2D eigenvalue weighted by Gasteiger charge is 2.13. The zero-order chi connectivity index (χ0) is 18.7. The van der Waals surface area contributed by atoms with Crippen LogP contribution in [0, 0.1) is 13.8 Å². The van der Waals surface area contributed by atoms with Gasteiger partial charge in [-0.05, 0) is 43.2 Å². The van der Waals surface area contributed by atoms with Crippen molar-refractivity contribution in [3.63, 3.8) is 0 Å². The SMILES string of the molecule is Cc1cc(C)c(NC(=O)c2cnc(N(C)c3ccccc3)nc2)c(Cl)c1. The molecule has 0 saturated carbocycles. The Balaban J connectivity index is 1.77. The van der Waals surface area contributed by atoms with Gasteiger partial charge in [0.2, 0.25) is 5.95 Å². The molecule has 3 rings (SSSR count). The van der Waals surface area contributed by atoms with Crippen molar-refractivity contribution >= 4 is 34.8 Å². The average Bonchev–Trinajstić information content (AvgIpc) is 2.64. The fraction of sp³-hybridized carbons (Fsp3) is 0.150. The monoisotopic (exact) mass is 366 g/mol. The van der Waals surface area contributed by atoms with Gasteiger partial charge in [-0.3, -0.25) is 4.79 Å². The number of carbonyl (C=O) groups excluding carboxylic acids is 1. The molecule has 0 spiro atoms. The Morgan fingerprint density at radius 3 is 2.35 bits per heavy atom. The molecule has 1 aromatic heterocycles. The van der Waals surface area contributed by atoms with Crippen LogP contribution < -0.4 is 10.2 Å². The standard InChI is InChI=1S/C20H19ClN4O/c1-13-9-14(2)18(17(21)10-13)24-19(26)15-11-22-20(23-12-15)25(3)16-7-5-4-6-8-16/h4-12H,1-3H3,(H,24,26). The van der Waals surface area contributed by atoms with Crippen LogP contribution in [0.5, 0.6) is 0 Å². The highest BCUT2D eigenvalue weighted by atomic mass is 35.5. The van der Waals surface area contributed by atoms with Crippen molar-refractivity contribution in [1.29, 1.82) is 0 Å². The Hall–Kier alpha value is -2.92. The van der Waals surface area contributed by atoms with E-state index in [1.165, 1.54) is 12.4 Å². The van der Waals surface area contributed by atoms with E-state index in [9.17, 15) is 4.79 Å². The second kappa shape index (κ2) is 7.54. The molecule has 0 aliphatic rings. The number of benzene rings is 2. The van der Waals surface area contributed by atoms with Gasteiger partial charge < -0.3 is 10.2 Å². The van der Waals surface area contributed by atoms with Gasteiger partial charge in [0.1, 0.15) is 0 Å². The van der Waals surface area contributed by atoms with Crippen molar-refractivity contribution in [2.24, 2.45) is 0 Å². The lowest BCUT2D eigenvalue weighted by Crippen LogP contribution is -2.16. The number of para-hydroxylation sites is 1. The normalized spacial score (nSPS) is 10.5. The van der Waals surface area contributed by atoms with E-state index in [2.05, 4.69) is 15.3 Å². The molecule has 6 heteroatoms. The maximum Gasteiger partial charge on any atom is 0.258 e. The number of aryl methyl sites for hydroxylation is 2. The van der Waals surface area contributed by atoms with Crippen molar-refractivity contribution in [1.82, 2.24) is 9.97 Å². The first-order valence-corrected chi connectivity index (χ1v) is 8.52. The third kappa shape index (κ3) is 3.83. The minimum atomic E-state index is -0.298. The molecular weight excluding hydrogens is 348 g/mol. The highest BCUT2D eigenvalue weighted by Crippen LogP contribution is 2.28. The number of halogens is 1. The lowest BCUT2D eigenvalue weighted by molar-refractivity contribution is 0.102. The van der Waals surface area contributed by atoms with Crippen LogP contribution in [0.2, 0.25) is 5.02 Å². The molecule has 132 valence electrons. The molecule has 0 atom stereocenters. The van der Waals surface area contributed by atoms with Crippen LogP contribution in [0.3, 0.4) is 0 Å². The van der Waals surface area contributed by atoms with Crippen molar-refractivity contribution in [2.45, 2.75) is 13.8 Å². The third-order valence-electron chi connectivity index (χ3n) is 4.01. The van der Waals surface area contributed by atoms with Gasteiger partial charge >= 0.3 is 0 Å². The van der Waals surface area contributed by atoms with E-state index < -0.39 is 0 Å². The second-order valence-corrected chi connectivity index (χ2v) is 6.47. The first kappa shape index (κ1) is 17.9. The van der Waals surface area contributed by atoms with E-state index >= 15 is 0 Å². The minimum absolute atomic E-state index is 0.298. The molecule has 0 radical (unpaired) electrons. The second-order valence-electron chi connectivity index (χ2n) is 6.06. The number of aromatic nitrogens is 2. The Bertz CT molecular complexity index is 903. The van der Waals surface area contributed by atoms with E-state index in [4.69, 9.17) is 11.6 Å².